The van der Waals surface area contributed by atoms with E-state index in [0.717, 1.165) is 12.0 Å². The van der Waals surface area contributed by atoms with Gasteiger partial charge < -0.3 is 4.79 Å². The van der Waals surface area contributed by atoms with E-state index in [1.165, 1.54) is 0 Å². The topological polar surface area (TPSA) is 29.5 Å². The van der Waals surface area contributed by atoms with Crippen LogP contribution in [0.4, 0.5) is 5.69 Å². The average Bonchev–Trinajstić information content (AvgIpc) is 2.54. The Morgan fingerprint density at radius 2 is 2.19 bits per heavy atom. The number of para-hydroxylation sites is 1. The van der Waals surface area contributed by atoms with Crippen LogP contribution in [-0.2, 0) is 9.63 Å². The predicted molar refractivity (Wildman–Crippen MR) is 63.5 cm³/mol. The molecular weight excluding hydrogens is 226 g/mol. The van der Waals surface area contributed by atoms with Crippen molar-refractivity contribution in [2.75, 3.05) is 11.7 Å². The molecule has 4 heteroatoms. The summed E-state index contributed by atoms with van der Waals surface area (Å²) in [5.41, 5.74) is 0.549. The summed E-state index contributed by atoms with van der Waals surface area (Å²) in [4.78, 5) is 16.7. The number of hydrogen-bond donors (Lipinski definition) is 0. The zero-order chi connectivity index (χ0) is 11.8. The molecule has 3 nitrogen and oxygen atoms in total. The molecule has 1 fully saturated rings. The van der Waals surface area contributed by atoms with Crippen LogP contribution in [0.15, 0.2) is 24.3 Å². The highest BCUT2D eigenvalue weighted by molar-refractivity contribution is 6.33. The lowest BCUT2D eigenvalue weighted by molar-refractivity contribution is -0.110. The number of halogens is 1. The fraction of sp³-hybridized carbons (Fsp3) is 0.417. The van der Waals surface area contributed by atoms with E-state index in [-0.39, 0.29) is 11.5 Å². The molecule has 16 heavy (non-hydrogen) atoms. The quantitative estimate of drug-likeness (QED) is 0.744. The molecule has 1 unspecified atom stereocenters. The highest BCUT2D eigenvalue weighted by Crippen LogP contribution is 2.38. The molecule has 0 bridgehead atoms. The number of hydrogen-bond acceptors (Lipinski definition) is 3. The number of hydroxylamine groups is 1. The van der Waals surface area contributed by atoms with E-state index < -0.39 is 0 Å². The summed E-state index contributed by atoms with van der Waals surface area (Å²) < 4.78 is 0. The molecule has 0 aliphatic carbocycles. The lowest BCUT2D eigenvalue weighted by Crippen LogP contribution is -2.38. The minimum absolute atomic E-state index is 0.194. The van der Waals surface area contributed by atoms with E-state index in [0.29, 0.717) is 11.6 Å². The van der Waals surface area contributed by atoms with Crippen molar-refractivity contribution >= 4 is 23.6 Å². The smallest absolute Gasteiger partial charge is 0.145 e. The van der Waals surface area contributed by atoms with Crippen LogP contribution in [0, 0.1) is 5.41 Å². The van der Waals surface area contributed by atoms with Crippen molar-refractivity contribution in [1.82, 2.24) is 0 Å². The van der Waals surface area contributed by atoms with E-state index >= 15 is 0 Å². The lowest BCUT2D eigenvalue weighted by atomic mass is 9.87. The Morgan fingerprint density at radius 1 is 1.50 bits per heavy atom. The van der Waals surface area contributed by atoms with Crippen LogP contribution in [-0.4, -0.2) is 18.9 Å². The van der Waals surface area contributed by atoms with E-state index in [2.05, 4.69) is 0 Å². The Morgan fingerprint density at radius 3 is 2.81 bits per heavy atom. The first-order chi connectivity index (χ1) is 7.56. The lowest BCUT2D eigenvalue weighted by Gasteiger charge is -2.26. The second-order valence-corrected chi connectivity index (χ2v) is 5.03. The molecule has 86 valence electrons. The summed E-state index contributed by atoms with van der Waals surface area (Å²) in [6.45, 7) is 4.52. The van der Waals surface area contributed by atoms with Crippen LogP contribution in [0.25, 0.3) is 0 Å². The van der Waals surface area contributed by atoms with Gasteiger partial charge in [-0.05, 0) is 12.1 Å². The van der Waals surface area contributed by atoms with Crippen LogP contribution >= 0.6 is 11.6 Å². The molecule has 0 aromatic heterocycles. The third-order valence-corrected chi connectivity index (χ3v) is 3.17. The number of rotatable bonds is 2. The maximum absolute atomic E-state index is 11.2. The van der Waals surface area contributed by atoms with Crippen LogP contribution in [0.3, 0.4) is 0 Å². The standard InChI is InChI=1S/C12H14ClNO2/c1-12(2)8-16-14(11(12)7-15)10-6-4-3-5-9(10)13/h3-7,11H,8H2,1-2H3. The van der Waals surface area contributed by atoms with Crippen molar-refractivity contribution in [1.29, 1.82) is 0 Å². The van der Waals surface area contributed by atoms with Gasteiger partial charge in [0.1, 0.15) is 12.3 Å². The van der Waals surface area contributed by atoms with Gasteiger partial charge in [-0.3, -0.25) is 4.84 Å². The molecule has 0 spiro atoms. The first kappa shape index (κ1) is 11.4. The molecule has 0 saturated carbocycles. The number of carbonyl (C=O) groups excluding carboxylic acids is 1. The second kappa shape index (κ2) is 4.07. The monoisotopic (exact) mass is 239 g/mol. The van der Waals surface area contributed by atoms with Gasteiger partial charge in [-0.2, -0.15) is 0 Å². The number of nitrogens with zero attached hydrogens (tertiary/aromatic N) is 1. The van der Waals surface area contributed by atoms with Crippen molar-refractivity contribution in [3.05, 3.63) is 29.3 Å². The number of aldehydes is 1. The predicted octanol–water partition coefficient (Wildman–Crippen LogP) is 2.69. The Hall–Kier alpha value is -1.06. The van der Waals surface area contributed by atoms with Crippen molar-refractivity contribution in [2.24, 2.45) is 5.41 Å². The Balaban J connectivity index is 2.36. The highest BCUT2D eigenvalue weighted by atomic mass is 35.5. The molecule has 0 amide bonds. The maximum Gasteiger partial charge on any atom is 0.145 e. The fourth-order valence-electron chi connectivity index (χ4n) is 1.81. The molecular formula is C12H14ClNO2. The molecule has 2 rings (SSSR count). The van der Waals surface area contributed by atoms with E-state index in [4.69, 9.17) is 16.4 Å². The summed E-state index contributed by atoms with van der Waals surface area (Å²) in [7, 11) is 0. The molecule has 0 N–H and O–H groups in total. The van der Waals surface area contributed by atoms with Gasteiger partial charge in [0, 0.05) is 5.41 Å². The van der Waals surface area contributed by atoms with Crippen LogP contribution in [0.5, 0.6) is 0 Å². The minimum atomic E-state index is -0.299. The molecule has 1 aromatic carbocycles. The molecule has 1 aromatic rings. The van der Waals surface area contributed by atoms with Gasteiger partial charge in [-0.1, -0.05) is 37.6 Å². The molecule has 1 aliphatic rings. The summed E-state index contributed by atoms with van der Waals surface area (Å²) in [6.07, 6.45) is 0.913. The number of benzene rings is 1. The highest BCUT2D eigenvalue weighted by Gasteiger charge is 2.42. The third-order valence-electron chi connectivity index (χ3n) is 2.85. The number of anilines is 1. The van der Waals surface area contributed by atoms with Gasteiger partial charge in [0.05, 0.1) is 17.3 Å². The van der Waals surface area contributed by atoms with Gasteiger partial charge in [0.25, 0.3) is 0 Å². The van der Waals surface area contributed by atoms with Crippen LogP contribution < -0.4 is 5.06 Å². The Kier molecular flexibility index (Phi) is 2.91. The molecule has 1 saturated heterocycles. The first-order valence-corrected chi connectivity index (χ1v) is 5.56. The average molecular weight is 240 g/mol. The third kappa shape index (κ3) is 1.81. The SMILES string of the molecule is CC1(C)CON(c2ccccc2Cl)C1C=O. The van der Waals surface area contributed by atoms with Crippen LogP contribution in [0.2, 0.25) is 5.02 Å². The molecule has 1 heterocycles. The van der Waals surface area contributed by atoms with Gasteiger partial charge in [-0.15, -0.1) is 0 Å². The van der Waals surface area contributed by atoms with Crippen LogP contribution in [0.1, 0.15) is 13.8 Å². The van der Waals surface area contributed by atoms with E-state index in [1.54, 1.807) is 11.1 Å². The van der Waals surface area contributed by atoms with Crippen molar-refractivity contribution in [2.45, 2.75) is 19.9 Å². The zero-order valence-electron chi connectivity index (χ0n) is 9.31. The normalized spacial score (nSPS) is 23.4. The van der Waals surface area contributed by atoms with Crippen molar-refractivity contribution in [3.63, 3.8) is 0 Å². The molecule has 1 atom stereocenters. The second-order valence-electron chi connectivity index (χ2n) is 4.62. The van der Waals surface area contributed by atoms with Gasteiger partial charge in [-0.25, -0.2) is 5.06 Å². The molecule has 0 radical (unpaired) electrons. The summed E-state index contributed by atoms with van der Waals surface area (Å²) >= 11 is 6.08. The van der Waals surface area contributed by atoms with Crippen molar-refractivity contribution < 1.29 is 9.63 Å². The zero-order valence-corrected chi connectivity index (χ0v) is 10.1. The summed E-state index contributed by atoms with van der Waals surface area (Å²) in [5.74, 6) is 0. The van der Waals surface area contributed by atoms with E-state index in [1.807, 2.05) is 32.0 Å². The Bertz CT molecular complexity index is 406. The summed E-state index contributed by atoms with van der Waals surface area (Å²) in [5, 5.41) is 2.20. The first-order valence-electron chi connectivity index (χ1n) is 5.18. The van der Waals surface area contributed by atoms with Gasteiger partial charge in [0.15, 0.2) is 0 Å². The van der Waals surface area contributed by atoms with Crippen molar-refractivity contribution in [3.8, 4) is 0 Å². The summed E-state index contributed by atoms with van der Waals surface area (Å²) in [6, 6.07) is 7.06. The van der Waals surface area contributed by atoms with Gasteiger partial charge >= 0.3 is 0 Å². The fourth-order valence-corrected chi connectivity index (χ4v) is 2.03. The molecule has 1 aliphatic heterocycles. The Labute approximate surface area is 99.9 Å². The minimum Gasteiger partial charge on any atom is -0.301 e. The number of carbonyl (C=O) groups is 1. The van der Waals surface area contributed by atoms with E-state index in [9.17, 15) is 4.79 Å². The van der Waals surface area contributed by atoms with Gasteiger partial charge in [0.2, 0.25) is 0 Å². The largest absolute Gasteiger partial charge is 0.301 e. The maximum atomic E-state index is 11.2.